The van der Waals surface area contributed by atoms with Crippen LogP contribution in [-0.4, -0.2) is 18.5 Å². The number of hydrogen-bond donors (Lipinski definition) is 1. The van der Waals surface area contributed by atoms with Crippen molar-refractivity contribution in [3.05, 3.63) is 95.1 Å². The fourth-order valence-electron chi connectivity index (χ4n) is 3.21. The molecule has 0 radical (unpaired) electrons. The molecule has 5 heteroatoms. The molecule has 0 saturated carbocycles. The van der Waals surface area contributed by atoms with Gasteiger partial charge in [0.1, 0.15) is 12.4 Å². The maximum absolute atomic E-state index is 12.4. The summed E-state index contributed by atoms with van der Waals surface area (Å²) in [5.41, 5.74) is 4.26. The second-order valence-corrected chi connectivity index (χ2v) is 7.08. The monoisotopic (exact) mass is 417 g/mol. The van der Waals surface area contributed by atoms with Gasteiger partial charge in [-0.2, -0.15) is 0 Å². The number of rotatable bonds is 9. The van der Waals surface area contributed by atoms with E-state index in [1.165, 1.54) is 0 Å². The van der Waals surface area contributed by atoms with Gasteiger partial charge < -0.3 is 14.8 Å². The maximum atomic E-state index is 12.4. The van der Waals surface area contributed by atoms with Crippen molar-refractivity contribution in [2.24, 2.45) is 0 Å². The van der Waals surface area contributed by atoms with Crippen LogP contribution in [0.15, 0.2) is 72.8 Å². The number of anilines is 1. The molecule has 1 N–H and O–H groups in total. The first-order valence-corrected chi connectivity index (χ1v) is 10.4. The van der Waals surface area contributed by atoms with Crippen LogP contribution >= 0.6 is 0 Å². The van der Waals surface area contributed by atoms with Gasteiger partial charge in [0.25, 0.3) is 5.91 Å². The van der Waals surface area contributed by atoms with Crippen molar-refractivity contribution in [1.82, 2.24) is 0 Å². The molecule has 3 aromatic carbocycles. The van der Waals surface area contributed by atoms with Gasteiger partial charge in [-0.3, -0.25) is 4.79 Å². The molecule has 0 bridgehead atoms. The Balaban J connectivity index is 1.52. The molecule has 0 saturated heterocycles. The molecule has 160 valence electrons. The molecule has 0 aromatic heterocycles. The average molecular weight is 418 g/mol. The highest BCUT2D eigenvalue weighted by Crippen LogP contribution is 2.22. The van der Waals surface area contributed by atoms with Gasteiger partial charge in [0, 0.05) is 5.69 Å². The summed E-state index contributed by atoms with van der Waals surface area (Å²) in [7, 11) is 0. The summed E-state index contributed by atoms with van der Waals surface area (Å²) in [4.78, 5) is 24.7. The van der Waals surface area contributed by atoms with E-state index in [1.54, 1.807) is 12.1 Å². The number of amides is 1. The number of benzene rings is 3. The van der Waals surface area contributed by atoms with Crippen molar-refractivity contribution in [1.29, 1.82) is 0 Å². The Bertz CT molecular complexity index is 991. The van der Waals surface area contributed by atoms with E-state index < -0.39 is 5.97 Å². The Morgan fingerprint density at radius 3 is 2.06 bits per heavy atom. The lowest BCUT2D eigenvalue weighted by atomic mass is 10.0. The molecule has 0 unspecified atom stereocenters. The van der Waals surface area contributed by atoms with Gasteiger partial charge in [0.05, 0.1) is 5.56 Å². The summed E-state index contributed by atoms with van der Waals surface area (Å²) in [6.07, 6.45) is 1.62. The van der Waals surface area contributed by atoms with Crippen molar-refractivity contribution in [3.63, 3.8) is 0 Å². The quantitative estimate of drug-likeness (QED) is 0.487. The summed E-state index contributed by atoms with van der Waals surface area (Å²) in [5.74, 6) is -0.102. The van der Waals surface area contributed by atoms with E-state index in [9.17, 15) is 9.59 Å². The van der Waals surface area contributed by atoms with Crippen LogP contribution in [-0.2, 0) is 29.0 Å². The fraction of sp³-hybridized carbons (Fsp3) is 0.231. The molecular weight excluding hydrogens is 390 g/mol. The topological polar surface area (TPSA) is 64.6 Å². The number of hydrogen-bond acceptors (Lipinski definition) is 4. The van der Waals surface area contributed by atoms with Crippen LogP contribution in [0.5, 0.6) is 5.75 Å². The zero-order valence-corrected chi connectivity index (χ0v) is 17.9. The van der Waals surface area contributed by atoms with E-state index in [0.29, 0.717) is 12.2 Å². The average Bonchev–Trinajstić information content (AvgIpc) is 2.82. The Hall–Kier alpha value is -3.60. The minimum absolute atomic E-state index is 0.334. The summed E-state index contributed by atoms with van der Waals surface area (Å²) in [5, 5.41) is 2.90. The minimum atomic E-state index is -0.537. The van der Waals surface area contributed by atoms with Crippen LogP contribution in [0.2, 0.25) is 0 Å². The number of esters is 1. The van der Waals surface area contributed by atoms with Crippen molar-refractivity contribution < 1.29 is 19.1 Å². The molecule has 0 atom stereocenters. The Kier molecular flexibility index (Phi) is 7.82. The van der Waals surface area contributed by atoms with Crippen LogP contribution in [0.4, 0.5) is 5.69 Å². The zero-order valence-electron chi connectivity index (χ0n) is 17.9. The molecule has 0 fully saturated rings. The van der Waals surface area contributed by atoms with Gasteiger partial charge in [-0.1, -0.05) is 62.4 Å². The van der Waals surface area contributed by atoms with E-state index in [1.807, 2.05) is 74.5 Å². The number of ether oxygens (including phenoxy) is 2. The van der Waals surface area contributed by atoms with Crippen molar-refractivity contribution in [2.75, 3.05) is 11.9 Å². The third-order valence-electron chi connectivity index (χ3n) is 4.94. The number of nitrogens with one attached hydrogen (secondary N) is 1. The Labute approximate surface area is 183 Å². The lowest BCUT2D eigenvalue weighted by Gasteiger charge is -2.14. The molecule has 3 aromatic rings. The third-order valence-corrected chi connectivity index (χ3v) is 4.94. The lowest BCUT2D eigenvalue weighted by molar-refractivity contribution is -0.119. The summed E-state index contributed by atoms with van der Waals surface area (Å²) in [6.45, 7) is 4.15. The van der Waals surface area contributed by atoms with Gasteiger partial charge >= 0.3 is 5.97 Å². The Morgan fingerprint density at radius 1 is 0.806 bits per heavy atom. The number of carbonyl (C=O) groups is 2. The largest absolute Gasteiger partial charge is 0.489 e. The smallest absolute Gasteiger partial charge is 0.338 e. The number of aryl methyl sites for hydroxylation is 2. The molecule has 0 spiro atoms. The molecule has 31 heavy (non-hydrogen) atoms. The summed E-state index contributed by atoms with van der Waals surface area (Å²) >= 11 is 0. The third kappa shape index (κ3) is 6.19. The number of carbonyl (C=O) groups excluding carboxylic acids is 2. The predicted octanol–water partition coefficient (Wildman–Crippen LogP) is 5.19. The minimum Gasteiger partial charge on any atom is -0.489 e. The van der Waals surface area contributed by atoms with E-state index in [0.717, 1.165) is 41.0 Å². The van der Waals surface area contributed by atoms with Crippen LogP contribution in [0.1, 0.15) is 40.9 Å². The highest BCUT2D eigenvalue weighted by atomic mass is 16.5. The lowest BCUT2D eigenvalue weighted by Crippen LogP contribution is -2.22. The van der Waals surface area contributed by atoms with Gasteiger partial charge in [-0.15, -0.1) is 0 Å². The molecule has 1 amide bonds. The first-order chi connectivity index (χ1) is 15.1. The summed E-state index contributed by atoms with van der Waals surface area (Å²) in [6, 6.07) is 22.5. The normalized spacial score (nSPS) is 10.4. The second-order valence-electron chi connectivity index (χ2n) is 7.08. The predicted molar refractivity (Wildman–Crippen MR) is 121 cm³/mol. The molecule has 0 aliphatic carbocycles. The number of para-hydroxylation sites is 2. The standard InChI is InChI=1S/C26H27NO4/c1-3-20-9-8-10-21(4-2)25(20)27-24(28)18-31-26(29)22-15-13-19(14-16-22)17-30-23-11-6-5-7-12-23/h5-16H,3-4,17-18H2,1-2H3,(H,27,28). The second kappa shape index (κ2) is 11.0. The van der Waals surface area contributed by atoms with Gasteiger partial charge in [0.15, 0.2) is 6.61 Å². The van der Waals surface area contributed by atoms with Crippen molar-refractivity contribution >= 4 is 17.6 Å². The zero-order chi connectivity index (χ0) is 22.1. The van der Waals surface area contributed by atoms with Gasteiger partial charge in [0.2, 0.25) is 0 Å². The highest BCUT2D eigenvalue weighted by Gasteiger charge is 2.13. The van der Waals surface area contributed by atoms with E-state index in [4.69, 9.17) is 9.47 Å². The molecule has 3 rings (SSSR count). The highest BCUT2D eigenvalue weighted by molar-refractivity contribution is 5.96. The van der Waals surface area contributed by atoms with Crippen LogP contribution in [0, 0.1) is 0 Å². The van der Waals surface area contributed by atoms with E-state index in [2.05, 4.69) is 5.32 Å². The van der Waals surface area contributed by atoms with Crippen molar-refractivity contribution in [3.8, 4) is 5.75 Å². The van der Waals surface area contributed by atoms with Crippen LogP contribution < -0.4 is 10.1 Å². The first-order valence-electron chi connectivity index (χ1n) is 10.4. The molecule has 5 nitrogen and oxygen atoms in total. The fourth-order valence-corrected chi connectivity index (χ4v) is 3.21. The molecule has 0 aliphatic rings. The van der Waals surface area contributed by atoms with E-state index in [-0.39, 0.29) is 12.5 Å². The molecule has 0 heterocycles. The van der Waals surface area contributed by atoms with E-state index >= 15 is 0 Å². The molecular formula is C26H27NO4. The van der Waals surface area contributed by atoms with Crippen LogP contribution in [0.25, 0.3) is 0 Å². The first kappa shape index (κ1) is 22.1. The molecule has 0 aliphatic heterocycles. The van der Waals surface area contributed by atoms with Gasteiger partial charge in [-0.25, -0.2) is 4.79 Å². The Morgan fingerprint density at radius 2 is 1.45 bits per heavy atom. The summed E-state index contributed by atoms with van der Waals surface area (Å²) < 4.78 is 10.9. The SMILES string of the molecule is CCc1cccc(CC)c1NC(=O)COC(=O)c1ccc(COc2ccccc2)cc1. The maximum Gasteiger partial charge on any atom is 0.338 e. The van der Waals surface area contributed by atoms with Gasteiger partial charge in [-0.05, 0) is 53.8 Å². The van der Waals surface area contributed by atoms with Crippen LogP contribution in [0.3, 0.4) is 0 Å². The van der Waals surface area contributed by atoms with Crippen molar-refractivity contribution in [2.45, 2.75) is 33.3 Å².